The average molecular weight is 370 g/mol. The fourth-order valence-corrected chi connectivity index (χ4v) is 3.49. The fraction of sp³-hybridized carbons (Fsp3) is 0.524. The third kappa shape index (κ3) is 5.17. The molecule has 0 aliphatic carbocycles. The summed E-state index contributed by atoms with van der Waals surface area (Å²) in [6.45, 7) is 9.77. The Hall–Kier alpha value is -2.18. The molecule has 1 saturated heterocycles. The van der Waals surface area contributed by atoms with Crippen molar-refractivity contribution in [2.45, 2.75) is 25.8 Å². The zero-order chi connectivity index (χ0) is 19.1. The molecule has 0 bridgehead atoms. The van der Waals surface area contributed by atoms with Crippen molar-refractivity contribution in [3.63, 3.8) is 0 Å². The maximum Gasteiger partial charge on any atom is 0.191 e. The first kappa shape index (κ1) is 19.6. The molecule has 0 spiro atoms. The molecule has 2 aromatic rings. The number of morpholine rings is 1. The van der Waals surface area contributed by atoms with E-state index in [1.165, 1.54) is 10.9 Å². The number of nitrogens with zero attached hydrogens (tertiary/aromatic N) is 3. The van der Waals surface area contributed by atoms with Crippen molar-refractivity contribution in [3.05, 3.63) is 42.1 Å². The van der Waals surface area contributed by atoms with Gasteiger partial charge in [-0.2, -0.15) is 0 Å². The zero-order valence-electron chi connectivity index (χ0n) is 16.7. The van der Waals surface area contributed by atoms with Gasteiger partial charge in [-0.1, -0.05) is 24.3 Å². The van der Waals surface area contributed by atoms with Gasteiger partial charge < -0.3 is 15.4 Å². The van der Waals surface area contributed by atoms with Crippen molar-refractivity contribution in [1.29, 1.82) is 0 Å². The lowest BCUT2D eigenvalue weighted by Gasteiger charge is -2.41. The molecule has 0 saturated carbocycles. The summed E-state index contributed by atoms with van der Waals surface area (Å²) in [5.41, 5.74) is 2.39. The van der Waals surface area contributed by atoms with Gasteiger partial charge in [-0.15, -0.1) is 0 Å². The van der Waals surface area contributed by atoms with Crippen molar-refractivity contribution in [2.75, 3.05) is 46.4 Å². The first-order valence-corrected chi connectivity index (χ1v) is 9.70. The van der Waals surface area contributed by atoms with E-state index in [1.54, 1.807) is 0 Å². The van der Waals surface area contributed by atoms with E-state index >= 15 is 0 Å². The van der Waals surface area contributed by atoms with E-state index in [4.69, 9.17) is 4.74 Å². The minimum absolute atomic E-state index is 0.0565. The second-order valence-corrected chi connectivity index (χ2v) is 7.51. The molecule has 1 aliphatic heterocycles. The summed E-state index contributed by atoms with van der Waals surface area (Å²) in [4.78, 5) is 11.4. The first-order valence-electron chi connectivity index (χ1n) is 9.70. The van der Waals surface area contributed by atoms with Gasteiger partial charge >= 0.3 is 0 Å². The van der Waals surface area contributed by atoms with Crippen LogP contribution in [0.3, 0.4) is 0 Å². The number of ether oxygens (including phenoxy) is 1. The largest absolute Gasteiger partial charge is 0.379 e. The van der Waals surface area contributed by atoms with E-state index in [1.807, 2.05) is 19.3 Å². The number of rotatable bonds is 6. The molecular weight excluding hydrogens is 338 g/mol. The summed E-state index contributed by atoms with van der Waals surface area (Å²) in [6.07, 6.45) is 2.76. The van der Waals surface area contributed by atoms with Gasteiger partial charge in [0, 0.05) is 50.3 Å². The molecule has 1 fully saturated rings. The van der Waals surface area contributed by atoms with Gasteiger partial charge in [0.1, 0.15) is 0 Å². The van der Waals surface area contributed by atoms with Crippen LogP contribution in [0.2, 0.25) is 0 Å². The molecule has 6 heteroatoms. The molecular formula is C21H31N5O. The van der Waals surface area contributed by atoms with Gasteiger partial charge in [0.25, 0.3) is 0 Å². The molecule has 1 aliphatic rings. The molecule has 2 heterocycles. The molecule has 1 aromatic heterocycles. The number of nitrogens with one attached hydrogen (secondary N) is 2. The normalized spacial score (nSPS) is 16.5. The molecule has 1 aromatic carbocycles. The van der Waals surface area contributed by atoms with Gasteiger partial charge in [-0.25, -0.2) is 0 Å². The fourth-order valence-electron chi connectivity index (χ4n) is 3.49. The van der Waals surface area contributed by atoms with Gasteiger partial charge in [-0.05, 0) is 31.9 Å². The van der Waals surface area contributed by atoms with Crippen LogP contribution < -0.4 is 10.6 Å². The van der Waals surface area contributed by atoms with Crippen LogP contribution in [-0.2, 0) is 11.2 Å². The van der Waals surface area contributed by atoms with E-state index in [-0.39, 0.29) is 5.54 Å². The Labute approximate surface area is 162 Å². The number of aliphatic imine (C=N–C) groups is 1. The molecule has 0 unspecified atom stereocenters. The summed E-state index contributed by atoms with van der Waals surface area (Å²) in [7, 11) is 1.82. The van der Waals surface area contributed by atoms with Crippen molar-refractivity contribution in [2.24, 2.45) is 4.99 Å². The molecule has 146 valence electrons. The average Bonchev–Trinajstić information content (AvgIpc) is 2.71. The number of fused-ring (bicyclic) bond motifs is 1. The highest BCUT2D eigenvalue weighted by molar-refractivity contribution is 5.82. The first-order chi connectivity index (χ1) is 13.1. The van der Waals surface area contributed by atoms with Gasteiger partial charge in [0.05, 0.1) is 18.7 Å². The van der Waals surface area contributed by atoms with Crippen LogP contribution in [-0.4, -0.2) is 67.8 Å². The molecule has 2 N–H and O–H groups in total. The maximum atomic E-state index is 5.46. The van der Waals surface area contributed by atoms with E-state index in [2.05, 4.69) is 63.6 Å². The Bertz CT molecular complexity index is 763. The Morgan fingerprint density at radius 1 is 1.19 bits per heavy atom. The van der Waals surface area contributed by atoms with E-state index in [0.717, 1.165) is 57.3 Å². The highest BCUT2D eigenvalue weighted by atomic mass is 16.5. The van der Waals surface area contributed by atoms with Gasteiger partial charge in [0.2, 0.25) is 0 Å². The Morgan fingerprint density at radius 2 is 1.96 bits per heavy atom. The van der Waals surface area contributed by atoms with Gasteiger partial charge in [0.15, 0.2) is 5.96 Å². The second-order valence-electron chi connectivity index (χ2n) is 7.51. The monoisotopic (exact) mass is 369 g/mol. The number of guanidine groups is 1. The Kier molecular flexibility index (Phi) is 6.63. The minimum atomic E-state index is 0.0565. The topological polar surface area (TPSA) is 61.8 Å². The molecule has 0 radical (unpaired) electrons. The SMILES string of the molecule is CN=C(NCCc1cccc2cccnc12)NCC(C)(C)N1CCOCC1. The molecule has 3 rings (SSSR count). The van der Waals surface area contributed by atoms with Crippen LogP contribution in [0.15, 0.2) is 41.5 Å². The molecule has 6 nitrogen and oxygen atoms in total. The molecule has 0 atom stereocenters. The van der Waals surface area contributed by atoms with Crippen LogP contribution in [0.4, 0.5) is 0 Å². The highest BCUT2D eigenvalue weighted by Crippen LogP contribution is 2.16. The lowest BCUT2D eigenvalue weighted by molar-refractivity contribution is -0.00833. The van der Waals surface area contributed by atoms with E-state index in [0.29, 0.717) is 0 Å². The predicted molar refractivity (Wildman–Crippen MR) is 111 cm³/mol. The van der Waals surface area contributed by atoms with Crippen LogP contribution >= 0.6 is 0 Å². The van der Waals surface area contributed by atoms with Crippen LogP contribution in [0.1, 0.15) is 19.4 Å². The number of hydrogen-bond acceptors (Lipinski definition) is 4. The Balaban J connectivity index is 1.50. The summed E-state index contributed by atoms with van der Waals surface area (Å²) < 4.78 is 5.46. The van der Waals surface area contributed by atoms with E-state index < -0.39 is 0 Å². The smallest absolute Gasteiger partial charge is 0.191 e. The predicted octanol–water partition coefficient (Wildman–Crippen LogP) is 2.05. The number of para-hydroxylation sites is 1. The molecule has 27 heavy (non-hydrogen) atoms. The van der Waals surface area contributed by atoms with Crippen LogP contribution in [0.5, 0.6) is 0 Å². The molecule has 0 amide bonds. The van der Waals surface area contributed by atoms with Crippen molar-refractivity contribution in [3.8, 4) is 0 Å². The summed E-state index contributed by atoms with van der Waals surface area (Å²) in [5, 5.41) is 8.08. The minimum Gasteiger partial charge on any atom is -0.379 e. The lowest BCUT2D eigenvalue weighted by atomic mass is 10.0. The zero-order valence-corrected chi connectivity index (χ0v) is 16.7. The van der Waals surface area contributed by atoms with Crippen LogP contribution in [0.25, 0.3) is 10.9 Å². The number of pyridine rings is 1. The van der Waals surface area contributed by atoms with Gasteiger partial charge in [-0.3, -0.25) is 14.9 Å². The van der Waals surface area contributed by atoms with E-state index in [9.17, 15) is 0 Å². The lowest BCUT2D eigenvalue weighted by Crippen LogP contribution is -2.56. The maximum absolute atomic E-state index is 5.46. The highest BCUT2D eigenvalue weighted by Gasteiger charge is 2.28. The van der Waals surface area contributed by atoms with Crippen molar-refractivity contribution in [1.82, 2.24) is 20.5 Å². The third-order valence-electron chi connectivity index (χ3n) is 5.18. The second kappa shape index (κ2) is 9.15. The van der Waals surface area contributed by atoms with Crippen molar-refractivity contribution < 1.29 is 4.74 Å². The summed E-state index contributed by atoms with van der Waals surface area (Å²) >= 11 is 0. The summed E-state index contributed by atoms with van der Waals surface area (Å²) in [6, 6.07) is 10.4. The Morgan fingerprint density at radius 3 is 2.74 bits per heavy atom. The van der Waals surface area contributed by atoms with Crippen LogP contribution in [0, 0.1) is 0 Å². The number of benzene rings is 1. The number of aromatic nitrogens is 1. The standard InChI is InChI=1S/C21H31N5O/c1-21(2,26-12-14-27-15-13-26)16-25-20(22-3)24-11-9-18-7-4-6-17-8-5-10-23-19(17)18/h4-8,10H,9,11-16H2,1-3H3,(H2,22,24,25). The summed E-state index contributed by atoms with van der Waals surface area (Å²) in [5.74, 6) is 0.838. The quantitative estimate of drug-likeness (QED) is 0.603. The van der Waals surface area contributed by atoms with Crippen molar-refractivity contribution >= 4 is 16.9 Å². The number of hydrogen-bond donors (Lipinski definition) is 2. The third-order valence-corrected chi connectivity index (χ3v) is 5.18.